The van der Waals surface area contributed by atoms with Gasteiger partial charge in [-0.1, -0.05) is 45.0 Å². The molecule has 0 aromatic heterocycles. The van der Waals surface area contributed by atoms with E-state index in [9.17, 15) is 19.1 Å². The molecule has 1 amide bonds. The first-order valence-corrected chi connectivity index (χ1v) is 12.0. The molecule has 0 saturated carbocycles. The number of aliphatic hydroxyl groups excluding tert-OH is 1. The van der Waals surface area contributed by atoms with Crippen molar-refractivity contribution in [2.75, 3.05) is 18.6 Å². The van der Waals surface area contributed by atoms with Crippen LogP contribution in [0.2, 0.25) is 0 Å². The predicted octanol–water partition coefficient (Wildman–Crippen LogP) is 6.16. The summed E-state index contributed by atoms with van der Waals surface area (Å²) < 4.78 is 25.0. The van der Waals surface area contributed by atoms with Crippen LogP contribution in [-0.4, -0.2) is 30.5 Å². The third-order valence-electron chi connectivity index (χ3n) is 6.38. The van der Waals surface area contributed by atoms with E-state index in [2.05, 4.69) is 20.8 Å². The number of hydrogen-bond acceptors (Lipinski definition) is 5. The summed E-state index contributed by atoms with van der Waals surface area (Å²) in [4.78, 5) is 28.1. The lowest BCUT2D eigenvalue weighted by Crippen LogP contribution is -2.29. The summed E-state index contributed by atoms with van der Waals surface area (Å²) in [5.41, 5.74) is 1.89. The molecule has 1 N–H and O–H groups in total. The van der Waals surface area contributed by atoms with Crippen LogP contribution in [0, 0.1) is 5.82 Å². The zero-order chi connectivity index (χ0) is 26.9. The van der Waals surface area contributed by atoms with Gasteiger partial charge in [0, 0.05) is 5.69 Å². The first-order chi connectivity index (χ1) is 17.6. The van der Waals surface area contributed by atoms with E-state index in [1.165, 1.54) is 24.1 Å². The van der Waals surface area contributed by atoms with Gasteiger partial charge < -0.3 is 14.6 Å². The summed E-state index contributed by atoms with van der Waals surface area (Å²) in [6.07, 6.45) is 0. The Bertz CT molecular complexity index is 1350. The van der Waals surface area contributed by atoms with E-state index in [1.807, 2.05) is 31.2 Å². The highest BCUT2D eigenvalue weighted by molar-refractivity contribution is 6.51. The van der Waals surface area contributed by atoms with Gasteiger partial charge in [0.15, 0.2) is 0 Å². The maximum absolute atomic E-state index is 14.2. The van der Waals surface area contributed by atoms with Crippen molar-refractivity contribution in [3.63, 3.8) is 0 Å². The summed E-state index contributed by atoms with van der Waals surface area (Å²) in [5.74, 6) is -2.00. The van der Waals surface area contributed by atoms with Crippen molar-refractivity contribution in [2.24, 2.45) is 0 Å². The van der Waals surface area contributed by atoms with Gasteiger partial charge in [0.1, 0.15) is 23.1 Å². The standard InChI is InChI=1S/C30H30FNO5/c1-6-37-22-14-12-21(13-15-22)32-26(18-7-9-19(10-8-18)30(2,3)4)25(28(34)29(32)35)27(33)23-17-20(31)11-16-24(23)36-5/h7-17,26,33H,6H2,1-5H3/b27-25+. The quantitative estimate of drug-likeness (QED) is 0.248. The minimum atomic E-state index is -0.945. The molecule has 0 bridgehead atoms. The Morgan fingerprint density at radius 1 is 1.00 bits per heavy atom. The highest BCUT2D eigenvalue weighted by Crippen LogP contribution is 2.44. The summed E-state index contributed by atoms with van der Waals surface area (Å²) in [7, 11) is 1.38. The van der Waals surface area contributed by atoms with Crippen LogP contribution in [0.15, 0.2) is 72.3 Å². The Kier molecular flexibility index (Phi) is 7.07. The van der Waals surface area contributed by atoms with Crippen LogP contribution in [0.1, 0.15) is 50.4 Å². The number of anilines is 1. The molecule has 1 fully saturated rings. The van der Waals surface area contributed by atoms with Crippen LogP contribution >= 0.6 is 0 Å². The molecule has 0 aliphatic carbocycles. The van der Waals surface area contributed by atoms with Crippen LogP contribution in [0.4, 0.5) is 10.1 Å². The Morgan fingerprint density at radius 2 is 1.65 bits per heavy atom. The number of amides is 1. The second-order valence-electron chi connectivity index (χ2n) is 9.81. The maximum atomic E-state index is 14.2. The van der Waals surface area contributed by atoms with Gasteiger partial charge in [-0.25, -0.2) is 4.39 Å². The fourth-order valence-corrected chi connectivity index (χ4v) is 4.46. The number of methoxy groups -OCH3 is 1. The SMILES string of the molecule is CCOc1ccc(N2C(=O)C(=O)/C(=C(/O)c3cc(F)ccc3OC)C2c2ccc(C(C)(C)C)cc2)cc1. The van der Waals surface area contributed by atoms with Crippen molar-refractivity contribution >= 4 is 23.1 Å². The van der Waals surface area contributed by atoms with Gasteiger partial charge in [0.25, 0.3) is 11.7 Å². The van der Waals surface area contributed by atoms with Crippen LogP contribution in [0.3, 0.4) is 0 Å². The van der Waals surface area contributed by atoms with Gasteiger partial charge in [-0.3, -0.25) is 14.5 Å². The minimum absolute atomic E-state index is 0.0106. The summed E-state index contributed by atoms with van der Waals surface area (Å²) >= 11 is 0. The highest BCUT2D eigenvalue weighted by Gasteiger charge is 2.47. The van der Waals surface area contributed by atoms with Gasteiger partial charge in [-0.05, 0) is 65.9 Å². The number of nitrogens with zero attached hydrogens (tertiary/aromatic N) is 1. The third-order valence-corrected chi connectivity index (χ3v) is 6.38. The molecule has 37 heavy (non-hydrogen) atoms. The molecular formula is C30H30FNO5. The third kappa shape index (κ3) is 4.94. The first kappa shape index (κ1) is 25.9. The van der Waals surface area contributed by atoms with Gasteiger partial charge in [0.05, 0.1) is 30.9 Å². The van der Waals surface area contributed by atoms with Gasteiger partial charge in [-0.15, -0.1) is 0 Å². The van der Waals surface area contributed by atoms with Crippen LogP contribution < -0.4 is 14.4 Å². The van der Waals surface area contributed by atoms with E-state index in [0.29, 0.717) is 23.6 Å². The maximum Gasteiger partial charge on any atom is 0.300 e. The predicted molar refractivity (Wildman–Crippen MR) is 140 cm³/mol. The number of benzene rings is 3. The molecule has 192 valence electrons. The minimum Gasteiger partial charge on any atom is -0.507 e. The molecule has 1 atom stereocenters. The molecule has 7 heteroatoms. The zero-order valence-electron chi connectivity index (χ0n) is 21.5. The molecule has 0 spiro atoms. The van der Waals surface area contributed by atoms with Gasteiger partial charge >= 0.3 is 0 Å². The second kappa shape index (κ2) is 10.1. The van der Waals surface area contributed by atoms with Crippen molar-refractivity contribution in [2.45, 2.75) is 39.2 Å². The lowest BCUT2D eigenvalue weighted by Gasteiger charge is -2.27. The van der Waals surface area contributed by atoms with Crippen molar-refractivity contribution in [3.8, 4) is 11.5 Å². The van der Waals surface area contributed by atoms with Crippen molar-refractivity contribution < 1.29 is 28.6 Å². The number of carbonyl (C=O) groups is 2. The number of halogens is 1. The molecule has 3 aromatic carbocycles. The molecule has 3 aromatic rings. The largest absolute Gasteiger partial charge is 0.507 e. The Balaban J connectivity index is 1.93. The molecule has 1 heterocycles. The molecule has 4 rings (SSSR count). The van der Waals surface area contributed by atoms with Crippen LogP contribution in [0.25, 0.3) is 5.76 Å². The average Bonchev–Trinajstić information content (AvgIpc) is 3.14. The average molecular weight is 504 g/mol. The monoisotopic (exact) mass is 503 g/mol. The topological polar surface area (TPSA) is 76.1 Å². The number of rotatable bonds is 6. The first-order valence-electron chi connectivity index (χ1n) is 12.0. The number of carbonyl (C=O) groups excluding carboxylic acids is 2. The summed E-state index contributed by atoms with van der Waals surface area (Å²) in [5, 5.41) is 11.4. The Labute approximate surface area is 215 Å². The molecule has 1 saturated heterocycles. The Hall–Kier alpha value is -4.13. The lowest BCUT2D eigenvalue weighted by molar-refractivity contribution is -0.132. The van der Waals surface area contributed by atoms with E-state index in [0.717, 1.165) is 11.6 Å². The Morgan fingerprint density at radius 3 is 2.22 bits per heavy atom. The summed E-state index contributed by atoms with van der Waals surface area (Å²) in [6, 6.07) is 17.1. The van der Waals surface area contributed by atoms with Gasteiger partial charge in [-0.2, -0.15) is 0 Å². The molecule has 0 radical (unpaired) electrons. The van der Waals surface area contributed by atoms with E-state index >= 15 is 0 Å². The van der Waals surface area contributed by atoms with E-state index in [1.54, 1.807) is 24.3 Å². The normalized spacial score (nSPS) is 17.2. The highest BCUT2D eigenvalue weighted by atomic mass is 19.1. The summed E-state index contributed by atoms with van der Waals surface area (Å²) in [6.45, 7) is 8.62. The lowest BCUT2D eigenvalue weighted by atomic mass is 9.85. The smallest absolute Gasteiger partial charge is 0.300 e. The van der Waals surface area contributed by atoms with Crippen molar-refractivity contribution in [1.29, 1.82) is 0 Å². The second-order valence-corrected chi connectivity index (χ2v) is 9.81. The van der Waals surface area contributed by atoms with E-state index < -0.39 is 29.3 Å². The number of aliphatic hydroxyl groups is 1. The zero-order valence-corrected chi connectivity index (χ0v) is 21.5. The van der Waals surface area contributed by atoms with E-state index in [-0.39, 0.29) is 22.3 Å². The molecular weight excluding hydrogens is 473 g/mol. The van der Waals surface area contributed by atoms with Crippen molar-refractivity contribution in [1.82, 2.24) is 0 Å². The molecule has 6 nitrogen and oxygen atoms in total. The molecule has 1 aliphatic heterocycles. The van der Waals surface area contributed by atoms with E-state index in [4.69, 9.17) is 9.47 Å². The number of ketones is 1. The number of Topliss-reactive ketones (excluding diaryl/α,β-unsaturated/α-hetero) is 1. The fraction of sp³-hybridized carbons (Fsp3) is 0.267. The van der Waals surface area contributed by atoms with Crippen LogP contribution in [-0.2, 0) is 15.0 Å². The number of hydrogen-bond donors (Lipinski definition) is 1. The van der Waals surface area contributed by atoms with Gasteiger partial charge in [0.2, 0.25) is 0 Å². The van der Waals surface area contributed by atoms with Crippen LogP contribution in [0.5, 0.6) is 11.5 Å². The van der Waals surface area contributed by atoms with Crippen molar-refractivity contribution in [3.05, 3.63) is 94.8 Å². The molecule has 1 aliphatic rings. The molecule has 1 unspecified atom stereocenters. The number of ether oxygens (including phenoxy) is 2. The fourth-order valence-electron chi connectivity index (χ4n) is 4.46.